The Hall–Kier alpha value is -2.95. The van der Waals surface area contributed by atoms with Crippen LogP contribution in [0.1, 0.15) is 30.0 Å². The second-order valence-corrected chi connectivity index (χ2v) is 6.41. The predicted octanol–water partition coefficient (Wildman–Crippen LogP) is 4.09. The van der Waals surface area contributed by atoms with Crippen LogP contribution in [0.5, 0.6) is 17.2 Å². The van der Waals surface area contributed by atoms with Gasteiger partial charge in [-0.15, -0.1) is 0 Å². The minimum Gasteiger partial charge on any atom is -0.497 e. The summed E-state index contributed by atoms with van der Waals surface area (Å²) in [7, 11) is 4.85. The molecule has 1 saturated heterocycles. The van der Waals surface area contributed by atoms with Gasteiger partial charge in [-0.3, -0.25) is 4.79 Å². The Bertz CT molecular complexity index is 814. The first-order chi connectivity index (χ1) is 13.2. The zero-order valence-corrected chi connectivity index (χ0v) is 16.0. The van der Waals surface area contributed by atoms with E-state index in [1.807, 2.05) is 53.4 Å². The summed E-state index contributed by atoms with van der Waals surface area (Å²) >= 11 is 0. The fourth-order valence-electron chi connectivity index (χ4n) is 3.42. The molecule has 5 nitrogen and oxygen atoms in total. The van der Waals surface area contributed by atoms with Crippen molar-refractivity contribution in [3.63, 3.8) is 0 Å². The van der Waals surface area contributed by atoms with Crippen molar-refractivity contribution in [2.45, 2.75) is 18.9 Å². The third-order valence-corrected chi connectivity index (χ3v) is 4.86. The molecule has 1 unspecified atom stereocenters. The molecule has 0 spiro atoms. The molecule has 0 aromatic heterocycles. The Morgan fingerprint density at radius 1 is 1.00 bits per heavy atom. The van der Waals surface area contributed by atoms with Crippen LogP contribution >= 0.6 is 0 Å². The lowest BCUT2D eigenvalue weighted by atomic mass is 10.0. The van der Waals surface area contributed by atoms with E-state index in [4.69, 9.17) is 14.2 Å². The number of hydrogen-bond acceptors (Lipinski definition) is 4. The molecule has 1 amide bonds. The molecule has 2 aromatic rings. The van der Waals surface area contributed by atoms with Crippen molar-refractivity contribution in [1.82, 2.24) is 4.90 Å². The minimum atomic E-state index is 0.0168. The van der Waals surface area contributed by atoms with Gasteiger partial charge in [-0.25, -0.2) is 0 Å². The number of rotatable bonds is 6. The van der Waals surface area contributed by atoms with Crippen LogP contribution in [0.4, 0.5) is 0 Å². The molecular formula is C22H25NO4. The Kier molecular flexibility index (Phi) is 6.01. The Morgan fingerprint density at radius 3 is 2.41 bits per heavy atom. The zero-order chi connectivity index (χ0) is 19.2. The largest absolute Gasteiger partial charge is 0.497 e. The quantitative estimate of drug-likeness (QED) is 0.722. The summed E-state index contributed by atoms with van der Waals surface area (Å²) in [6, 6.07) is 13.6. The standard InChI is InChI=1S/C22H25NO4/c1-25-18-10-8-17(9-11-18)19-5-4-14-23(19)22(24)13-7-16-6-12-20(26-2)21(15-16)27-3/h6-13,15,19H,4-5,14H2,1-3H3. The topological polar surface area (TPSA) is 48.0 Å². The smallest absolute Gasteiger partial charge is 0.247 e. The highest BCUT2D eigenvalue weighted by atomic mass is 16.5. The molecule has 0 bridgehead atoms. The van der Waals surface area contributed by atoms with Crippen molar-refractivity contribution in [2.75, 3.05) is 27.9 Å². The van der Waals surface area contributed by atoms with Gasteiger partial charge < -0.3 is 19.1 Å². The highest BCUT2D eigenvalue weighted by Gasteiger charge is 2.28. The average molecular weight is 367 g/mol. The van der Waals surface area contributed by atoms with E-state index in [-0.39, 0.29) is 11.9 Å². The second kappa shape index (κ2) is 8.62. The van der Waals surface area contributed by atoms with E-state index in [1.165, 1.54) is 0 Å². The average Bonchev–Trinajstić information content (AvgIpc) is 3.21. The predicted molar refractivity (Wildman–Crippen MR) is 105 cm³/mol. The third kappa shape index (κ3) is 4.25. The molecule has 1 heterocycles. The fraction of sp³-hybridized carbons (Fsp3) is 0.318. The van der Waals surface area contributed by atoms with Gasteiger partial charge in [-0.05, 0) is 54.3 Å². The Balaban J connectivity index is 1.73. The second-order valence-electron chi connectivity index (χ2n) is 6.41. The maximum atomic E-state index is 12.8. The number of ether oxygens (including phenoxy) is 3. The van der Waals surface area contributed by atoms with Gasteiger partial charge in [-0.2, -0.15) is 0 Å². The van der Waals surface area contributed by atoms with Crippen LogP contribution in [0.15, 0.2) is 48.5 Å². The maximum Gasteiger partial charge on any atom is 0.247 e. The summed E-state index contributed by atoms with van der Waals surface area (Å²) in [6.07, 6.45) is 5.42. The van der Waals surface area contributed by atoms with E-state index >= 15 is 0 Å². The molecule has 1 aliphatic rings. The first kappa shape index (κ1) is 18.8. The molecule has 5 heteroatoms. The molecule has 0 N–H and O–H groups in total. The van der Waals surface area contributed by atoms with Crippen LogP contribution < -0.4 is 14.2 Å². The van der Waals surface area contributed by atoms with Crippen molar-refractivity contribution in [3.05, 3.63) is 59.7 Å². The van der Waals surface area contributed by atoms with E-state index in [2.05, 4.69) is 0 Å². The highest BCUT2D eigenvalue weighted by molar-refractivity contribution is 5.92. The summed E-state index contributed by atoms with van der Waals surface area (Å²) in [5.41, 5.74) is 2.03. The molecule has 0 saturated carbocycles. The number of likely N-dealkylation sites (tertiary alicyclic amines) is 1. The summed E-state index contributed by atoms with van der Waals surface area (Å²) < 4.78 is 15.8. The molecule has 0 aliphatic carbocycles. The van der Waals surface area contributed by atoms with Crippen molar-refractivity contribution in [1.29, 1.82) is 0 Å². The number of hydrogen-bond donors (Lipinski definition) is 0. The van der Waals surface area contributed by atoms with E-state index in [0.29, 0.717) is 11.5 Å². The third-order valence-electron chi connectivity index (χ3n) is 4.86. The van der Waals surface area contributed by atoms with Gasteiger partial charge in [0.15, 0.2) is 11.5 Å². The van der Waals surface area contributed by atoms with Crippen molar-refractivity contribution >= 4 is 12.0 Å². The minimum absolute atomic E-state index is 0.0168. The normalized spacial score (nSPS) is 16.6. The number of carbonyl (C=O) groups excluding carboxylic acids is 1. The summed E-state index contributed by atoms with van der Waals surface area (Å²) in [5, 5.41) is 0. The Morgan fingerprint density at radius 2 is 1.74 bits per heavy atom. The molecule has 1 atom stereocenters. The monoisotopic (exact) mass is 367 g/mol. The van der Waals surface area contributed by atoms with E-state index in [9.17, 15) is 4.79 Å². The molecule has 27 heavy (non-hydrogen) atoms. The molecular weight excluding hydrogens is 342 g/mol. The maximum absolute atomic E-state index is 12.8. The highest BCUT2D eigenvalue weighted by Crippen LogP contribution is 2.33. The van der Waals surface area contributed by atoms with E-state index < -0.39 is 0 Å². The summed E-state index contributed by atoms with van der Waals surface area (Å²) in [5.74, 6) is 2.15. The Labute approximate surface area is 160 Å². The van der Waals surface area contributed by atoms with Gasteiger partial charge >= 0.3 is 0 Å². The van der Waals surface area contributed by atoms with E-state index in [1.54, 1.807) is 27.4 Å². The van der Waals surface area contributed by atoms with Gasteiger partial charge in [0, 0.05) is 12.6 Å². The van der Waals surface area contributed by atoms with Crippen LogP contribution in [0.2, 0.25) is 0 Å². The summed E-state index contributed by atoms with van der Waals surface area (Å²) in [4.78, 5) is 14.7. The van der Waals surface area contributed by atoms with Gasteiger partial charge in [0.2, 0.25) is 5.91 Å². The van der Waals surface area contributed by atoms with Crippen LogP contribution in [0.25, 0.3) is 6.08 Å². The van der Waals surface area contributed by atoms with Gasteiger partial charge in [0.05, 0.1) is 27.4 Å². The van der Waals surface area contributed by atoms with Crippen LogP contribution in [0.3, 0.4) is 0 Å². The van der Waals surface area contributed by atoms with Crippen LogP contribution in [-0.2, 0) is 4.79 Å². The van der Waals surface area contributed by atoms with Crippen molar-refractivity contribution in [3.8, 4) is 17.2 Å². The number of amides is 1. The fourth-order valence-corrected chi connectivity index (χ4v) is 3.42. The first-order valence-electron chi connectivity index (χ1n) is 9.01. The molecule has 2 aromatic carbocycles. The lowest BCUT2D eigenvalue weighted by Gasteiger charge is -2.24. The van der Waals surface area contributed by atoms with E-state index in [0.717, 1.165) is 36.3 Å². The molecule has 1 fully saturated rings. The zero-order valence-electron chi connectivity index (χ0n) is 16.0. The molecule has 142 valence electrons. The van der Waals surface area contributed by atoms with Crippen LogP contribution in [-0.4, -0.2) is 38.7 Å². The lowest BCUT2D eigenvalue weighted by molar-refractivity contribution is -0.126. The van der Waals surface area contributed by atoms with Gasteiger partial charge in [0.25, 0.3) is 0 Å². The summed E-state index contributed by atoms with van der Waals surface area (Å²) in [6.45, 7) is 0.770. The van der Waals surface area contributed by atoms with Gasteiger partial charge in [-0.1, -0.05) is 18.2 Å². The molecule has 1 aliphatic heterocycles. The van der Waals surface area contributed by atoms with Crippen LogP contribution in [0, 0.1) is 0 Å². The lowest BCUT2D eigenvalue weighted by Crippen LogP contribution is -2.28. The van der Waals surface area contributed by atoms with Crippen molar-refractivity contribution in [2.24, 2.45) is 0 Å². The SMILES string of the molecule is COc1ccc(C2CCCN2C(=O)C=Cc2ccc(OC)c(OC)c2)cc1. The number of benzene rings is 2. The number of nitrogens with zero attached hydrogens (tertiary/aromatic N) is 1. The number of carbonyl (C=O) groups is 1. The molecule has 3 rings (SSSR count). The number of methoxy groups -OCH3 is 3. The van der Waals surface area contributed by atoms with Crippen molar-refractivity contribution < 1.29 is 19.0 Å². The van der Waals surface area contributed by atoms with Gasteiger partial charge in [0.1, 0.15) is 5.75 Å². The first-order valence-corrected chi connectivity index (χ1v) is 9.01. The molecule has 0 radical (unpaired) electrons.